The first-order valence-electron chi connectivity index (χ1n) is 9.04. The Morgan fingerprint density at radius 3 is 2.67 bits per heavy atom. The van der Waals surface area contributed by atoms with E-state index in [0.717, 1.165) is 25.4 Å². The minimum absolute atomic E-state index is 0.188. The number of carbonyl (C=O) groups is 1. The lowest BCUT2D eigenvalue weighted by molar-refractivity contribution is -0.121. The van der Waals surface area contributed by atoms with Crippen molar-refractivity contribution in [1.29, 1.82) is 0 Å². The molecule has 1 saturated carbocycles. The molecule has 21 heavy (non-hydrogen) atoms. The minimum Gasteiger partial charge on any atom is -0.356 e. The Kier molecular flexibility index (Phi) is 7.51. The number of amides is 1. The van der Waals surface area contributed by atoms with Crippen molar-refractivity contribution in [2.24, 2.45) is 5.92 Å². The topological polar surface area (TPSA) is 53.2 Å². The second-order valence-electron chi connectivity index (χ2n) is 6.67. The fourth-order valence-corrected chi connectivity index (χ4v) is 3.86. The summed E-state index contributed by atoms with van der Waals surface area (Å²) in [4.78, 5) is 11.7. The van der Waals surface area contributed by atoms with Gasteiger partial charge in [0.2, 0.25) is 5.91 Å². The highest BCUT2D eigenvalue weighted by Gasteiger charge is 2.31. The highest BCUT2D eigenvalue weighted by atomic mass is 16.1. The maximum absolute atomic E-state index is 11.7. The summed E-state index contributed by atoms with van der Waals surface area (Å²) >= 11 is 0. The fraction of sp³-hybridized carbons (Fsp3) is 0.941. The zero-order valence-electron chi connectivity index (χ0n) is 13.6. The Balaban J connectivity index is 1.72. The summed E-state index contributed by atoms with van der Waals surface area (Å²) in [6.45, 7) is 4.90. The molecule has 2 fully saturated rings. The van der Waals surface area contributed by atoms with Crippen LogP contribution < -0.4 is 16.0 Å². The predicted octanol–water partition coefficient (Wildman–Crippen LogP) is 2.19. The van der Waals surface area contributed by atoms with Crippen molar-refractivity contribution in [3.05, 3.63) is 0 Å². The molecular formula is C17H33N3O. The Morgan fingerprint density at radius 1 is 1.10 bits per heavy atom. The fourth-order valence-electron chi connectivity index (χ4n) is 3.86. The summed E-state index contributed by atoms with van der Waals surface area (Å²) in [5, 5.41) is 10.4. The van der Waals surface area contributed by atoms with Crippen molar-refractivity contribution in [3.8, 4) is 0 Å². The molecular weight excluding hydrogens is 262 g/mol. The molecule has 0 radical (unpaired) electrons. The van der Waals surface area contributed by atoms with Crippen molar-refractivity contribution in [2.45, 2.75) is 76.8 Å². The van der Waals surface area contributed by atoms with Gasteiger partial charge in [0.25, 0.3) is 0 Å². The van der Waals surface area contributed by atoms with E-state index in [1.54, 1.807) is 0 Å². The SMILES string of the molecule is CCCNC(=O)CCNC1CCCCC1C1CCCCN1. The highest BCUT2D eigenvalue weighted by Crippen LogP contribution is 2.30. The van der Waals surface area contributed by atoms with Gasteiger partial charge < -0.3 is 16.0 Å². The summed E-state index contributed by atoms with van der Waals surface area (Å²) in [5.74, 6) is 0.949. The molecule has 0 aromatic heterocycles. The van der Waals surface area contributed by atoms with Crippen LogP contribution in [-0.2, 0) is 4.79 Å². The number of rotatable bonds is 7. The lowest BCUT2D eigenvalue weighted by Crippen LogP contribution is -2.51. The number of nitrogens with one attached hydrogen (secondary N) is 3. The third kappa shape index (κ3) is 5.59. The van der Waals surface area contributed by atoms with Crippen LogP contribution in [-0.4, -0.2) is 37.6 Å². The van der Waals surface area contributed by atoms with Crippen molar-refractivity contribution in [3.63, 3.8) is 0 Å². The van der Waals surface area contributed by atoms with Gasteiger partial charge in [-0.2, -0.15) is 0 Å². The molecule has 4 nitrogen and oxygen atoms in total. The number of carbonyl (C=O) groups excluding carboxylic acids is 1. The molecule has 3 atom stereocenters. The molecule has 1 saturated heterocycles. The van der Waals surface area contributed by atoms with Gasteiger partial charge in [-0.25, -0.2) is 0 Å². The summed E-state index contributed by atoms with van der Waals surface area (Å²) < 4.78 is 0. The van der Waals surface area contributed by atoms with E-state index >= 15 is 0 Å². The monoisotopic (exact) mass is 295 g/mol. The minimum atomic E-state index is 0.188. The highest BCUT2D eigenvalue weighted by molar-refractivity contribution is 5.75. The molecule has 4 heteroatoms. The zero-order valence-corrected chi connectivity index (χ0v) is 13.6. The van der Waals surface area contributed by atoms with Crippen LogP contribution in [0.15, 0.2) is 0 Å². The molecule has 0 bridgehead atoms. The van der Waals surface area contributed by atoms with E-state index in [0.29, 0.717) is 18.5 Å². The van der Waals surface area contributed by atoms with Crippen LogP contribution in [0.4, 0.5) is 0 Å². The van der Waals surface area contributed by atoms with E-state index in [1.165, 1.54) is 51.5 Å². The van der Waals surface area contributed by atoms with E-state index in [-0.39, 0.29) is 5.91 Å². The first-order valence-corrected chi connectivity index (χ1v) is 9.04. The molecule has 2 aliphatic rings. The molecule has 2 rings (SSSR count). The van der Waals surface area contributed by atoms with Gasteiger partial charge in [0, 0.05) is 31.6 Å². The summed E-state index contributed by atoms with van der Waals surface area (Å²) in [5.41, 5.74) is 0. The second kappa shape index (κ2) is 9.42. The molecule has 1 heterocycles. The van der Waals surface area contributed by atoms with Crippen LogP contribution >= 0.6 is 0 Å². The maximum atomic E-state index is 11.7. The summed E-state index contributed by atoms with van der Waals surface area (Å²) in [6.07, 6.45) is 11.0. The van der Waals surface area contributed by atoms with Crippen LogP contribution in [0, 0.1) is 5.92 Å². The molecule has 1 aliphatic carbocycles. The van der Waals surface area contributed by atoms with Gasteiger partial charge in [0.05, 0.1) is 0 Å². The number of hydrogen-bond acceptors (Lipinski definition) is 3. The third-order valence-corrected chi connectivity index (χ3v) is 5.02. The van der Waals surface area contributed by atoms with Crippen molar-refractivity contribution in [1.82, 2.24) is 16.0 Å². The molecule has 1 aliphatic heterocycles. The zero-order chi connectivity index (χ0) is 14.9. The van der Waals surface area contributed by atoms with Crippen LogP contribution in [0.1, 0.15) is 64.7 Å². The lowest BCUT2D eigenvalue weighted by Gasteiger charge is -2.40. The summed E-state index contributed by atoms with van der Waals surface area (Å²) in [7, 11) is 0. The standard InChI is InChI=1S/C17H33N3O/c1-2-11-20-17(21)10-13-19-16-8-4-3-7-14(16)15-9-5-6-12-18-15/h14-16,18-19H,2-13H2,1H3,(H,20,21). The Morgan fingerprint density at radius 2 is 1.90 bits per heavy atom. The first kappa shape index (κ1) is 16.8. The average molecular weight is 295 g/mol. The van der Waals surface area contributed by atoms with Gasteiger partial charge in [-0.15, -0.1) is 0 Å². The molecule has 122 valence electrons. The quantitative estimate of drug-likeness (QED) is 0.675. The molecule has 1 amide bonds. The van der Waals surface area contributed by atoms with Gasteiger partial charge in [-0.05, 0) is 44.6 Å². The van der Waals surface area contributed by atoms with Crippen LogP contribution in [0.25, 0.3) is 0 Å². The van der Waals surface area contributed by atoms with E-state index in [9.17, 15) is 4.79 Å². The average Bonchev–Trinajstić information content (AvgIpc) is 2.54. The van der Waals surface area contributed by atoms with Gasteiger partial charge in [-0.3, -0.25) is 4.79 Å². The Bertz CT molecular complexity index is 302. The smallest absolute Gasteiger partial charge is 0.221 e. The Hall–Kier alpha value is -0.610. The number of piperidine rings is 1. The Labute approximate surface area is 129 Å². The van der Waals surface area contributed by atoms with Gasteiger partial charge in [-0.1, -0.05) is 26.2 Å². The summed E-state index contributed by atoms with van der Waals surface area (Å²) in [6, 6.07) is 1.30. The van der Waals surface area contributed by atoms with E-state index in [1.807, 2.05) is 0 Å². The second-order valence-corrected chi connectivity index (χ2v) is 6.67. The lowest BCUT2D eigenvalue weighted by atomic mass is 9.77. The van der Waals surface area contributed by atoms with Crippen LogP contribution in [0.2, 0.25) is 0 Å². The molecule has 3 unspecified atom stereocenters. The van der Waals surface area contributed by atoms with Gasteiger partial charge in [0.15, 0.2) is 0 Å². The molecule has 0 spiro atoms. The van der Waals surface area contributed by atoms with Gasteiger partial charge >= 0.3 is 0 Å². The number of hydrogen-bond donors (Lipinski definition) is 3. The predicted molar refractivity (Wildman–Crippen MR) is 87.3 cm³/mol. The normalized spacial score (nSPS) is 30.0. The third-order valence-electron chi connectivity index (χ3n) is 5.02. The van der Waals surface area contributed by atoms with Crippen LogP contribution in [0.5, 0.6) is 0 Å². The van der Waals surface area contributed by atoms with E-state index in [4.69, 9.17) is 0 Å². The van der Waals surface area contributed by atoms with Crippen LogP contribution in [0.3, 0.4) is 0 Å². The molecule has 3 N–H and O–H groups in total. The largest absolute Gasteiger partial charge is 0.356 e. The van der Waals surface area contributed by atoms with E-state index < -0.39 is 0 Å². The molecule has 0 aromatic carbocycles. The first-order chi connectivity index (χ1) is 10.3. The maximum Gasteiger partial charge on any atom is 0.221 e. The van der Waals surface area contributed by atoms with Gasteiger partial charge in [0.1, 0.15) is 0 Å². The van der Waals surface area contributed by atoms with Crippen molar-refractivity contribution >= 4 is 5.91 Å². The molecule has 0 aromatic rings. The van der Waals surface area contributed by atoms with Crippen molar-refractivity contribution < 1.29 is 4.79 Å². The van der Waals surface area contributed by atoms with E-state index in [2.05, 4.69) is 22.9 Å². The van der Waals surface area contributed by atoms with Crippen molar-refractivity contribution in [2.75, 3.05) is 19.6 Å².